The number of nitrogens with zero attached hydrogens (tertiary/aromatic N) is 3. The maximum absolute atomic E-state index is 6.29. The molecule has 3 rings (SSSR count). The molecule has 0 amide bonds. The Balaban J connectivity index is 1.46. The lowest BCUT2D eigenvalue weighted by Gasteiger charge is -2.13. The van der Waals surface area contributed by atoms with Gasteiger partial charge in [0.2, 0.25) is 5.82 Å². The molecule has 0 unspecified atom stereocenters. The van der Waals surface area contributed by atoms with E-state index >= 15 is 0 Å². The normalized spacial score (nSPS) is 10.9. The minimum Gasteiger partial charge on any atom is -0.490 e. The van der Waals surface area contributed by atoms with Crippen LogP contribution in [0, 0.1) is 11.8 Å². The number of tetrazole rings is 1. The Morgan fingerprint density at radius 2 is 1.00 bits per heavy atom. The molecule has 2 aromatic carbocycles. The average Bonchev–Trinajstić information content (AvgIpc) is 3.61. The zero-order valence-corrected chi connectivity index (χ0v) is 28.3. The molecule has 0 radical (unpaired) electrons. The molecule has 1 heterocycles. The molecule has 246 valence electrons. The predicted molar refractivity (Wildman–Crippen MR) is 187 cm³/mol. The van der Waals surface area contributed by atoms with Crippen LogP contribution in [0.3, 0.4) is 0 Å². The zero-order chi connectivity index (χ0) is 31.6. The molecule has 45 heavy (non-hydrogen) atoms. The van der Waals surface area contributed by atoms with Crippen LogP contribution in [0.5, 0.6) is 11.5 Å². The minimum atomic E-state index is 0.576. The number of nitrogens with one attached hydrogen (secondary N) is 1. The average molecular weight is 615 g/mol. The maximum Gasteiger partial charge on any atom is 0.204 e. The first kappa shape index (κ1) is 36.1. The number of aromatic amines is 1. The number of rotatable bonds is 25. The highest BCUT2D eigenvalue weighted by molar-refractivity contribution is 5.57. The van der Waals surface area contributed by atoms with Crippen LogP contribution in [0.15, 0.2) is 42.5 Å². The highest BCUT2D eigenvalue weighted by Crippen LogP contribution is 2.29. The van der Waals surface area contributed by atoms with Gasteiger partial charge < -0.3 is 9.47 Å². The predicted octanol–water partition coefficient (Wildman–Crippen LogP) is 10.9. The van der Waals surface area contributed by atoms with Gasteiger partial charge >= 0.3 is 0 Å². The van der Waals surface area contributed by atoms with E-state index in [9.17, 15) is 0 Å². The van der Waals surface area contributed by atoms with Gasteiger partial charge in [-0.2, -0.15) is 5.21 Å². The van der Waals surface area contributed by atoms with Crippen molar-refractivity contribution >= 4 is 0 Å². The number of aromatic nitrogens is 4. The van der Waals surface area contributed by atoms with Crippen molar-refractivity contribution in [2.45, 2.75) is 142 Å². The molecule has 0 aliphatic heterocycles. The van der Waals surface area contributed by atoms with Gasteiger partial charge in [0.05, 0.1) is 13.2 Å². The quantitative estimate of drug-likeness (QED) is 0.0759. The Labute approximate surface area is 273 Å². The maximum atomic E-state index is 6.29. The Hall–Kier alpha value is -3.33. The first-order chi connectivity index (χ1) is 22.3. The van der Waals surface area contributed by atoms with Crippen molar-refractivity contribution in [1.29, 1.82) is 0 Å². The first-order valence-electron chi connectivity index (χ1n) is 18.1. The first-order valence-corrected chi connectivity index (χ1v) is 18.1. The molecule has 0 fully saturated rings. The summed E-state index contributed by atoms with van der Waals surface area (Å²) in [6.07, 6.45) is 26.3. The van der Waals surface area contributed by atoms with Gasteiger partial charge in [-0.05, 0) is 60.5 Å². The minimum absolute atomic E-state index is 0.576. The molecule has 6 nitrogen and oxygen atoms in total. The van der Waals surface area contributed by atoms with Crippen LogP contribution in [0.4, 0.5) is 0 Å². The number of benzene rings is 2. The molecule has 0 aliphatic carbocycles. The third kappa shape index (κ3) is 16.0. The molecule has 3 aromatic rings. The molecule has 1 aromatic heterocycles. The highest BCUT2D eigenvalue weighted by Gasteiger charge is 2.07. The van der Waals surface area contributed by atoms with Crippen LogP contribution >= 0.6 is 0 Å². The van der Waals surface area contributed by atoms with Crippen molar-refractivity contribution in [3.63, 3.8) is 0 Å². The van der Waals surface area contributed by atoms with E-state index in [2.05, 4.69) is 46.3 Å². The van der Waals surface area contributed by atoms with E-state index < -0.39 is 0 Å². The van der Waals surface area contributed by atoms with Crippen molar-refractivity contribution in [2.24, 2.45) is 0 Å². The third-order valence-electron chi connectivity index (χ3n) is 8.29. The van der Waals surface area contributed by atoms with Crippen molar-refractivity contribution < 1.29 is 9.47 Å². The number of hydrogen-bond acceptors (Lipinski definition) is 5. The molecular weight excluding hydrogens is 556 g/mol. The molecule has 0 bridgehead atoms. The van der Waals surface area contributed by atoms with Crippen LogP contribution in [0.1, 0.15) is 153 Å². The summed E-state index contributed by atoms with van der Waals surface area (Å²) in [6, 6.07) is 14.0. The van der Waals surface area contributed by atoms with Gasteiger partial charge in [-0.3, -0.25) is 0 Å². The van der Waals surface area contributed by atoms with E-state index in [-0.39, 0.29) is 0 Å². The molecular formula is C39H58N4O2. The second kappa shape index (κ2) is 24.0. The van der Waals surface area contributed by atoms with Crippen LogP contribution < -0.4 is 9.47 Å². The molecule has 0 atom stereocenters. The van der Waals surface area contributed by atoms with Crippen LogP contribution in [-0.4, -0.2) is 33.8 Å². The van der Waals surface area contributed by atoms with Crippen molar-refractivity contribution in [3.8, 4) is 34.7 Å². The van der Waals surface area contributed by atoms with Gasteiger partial charge in [0.1, 0.15) is 0 Å². The fourth-order valence-electron chi connectivity index (χ4n) is 5.49. The molecule has 0 saturated heterocycles. The van der Waals surface area contributed by atoms with E-state index in [0.29, 0.717) is 12.4 Å². The Kier molecular flexibility index (Phi) is 19.3. The van der Waals surface area contributed by atoms with E-state index in [1.807, 2.05) is 42.5 Å². The van der Waals surface area contributed by atoms with E-state index in [0.717, 1.165) is 47.6 Å². The van der Waals surface area contributed by atoms with Crippen molar-refractivity contribution in [3.05, 3.63) is 53.6 Å². The van der Waals surface area contributed by atoms with Crippen LogP contribution in [0.25, 0.3) is 11.4 Å². The Morgan fingerprint density at radius 3 is 1.51 bits per heavy atom. The molecule has 6 heteroatoms. The molecule has 0 saturated carbocycles. The third-order valence-corrected chi connectivity index (χ3v) is 8.29. The van der Waals surface area contributed by atoms with E-state index in [1.54, 1.807) is 0 Å². The number of hydrogen-bond donors (Lipinski definition) is 1. The van der Waals surface area contributed by atoms with Crippen LogP contribution in [0.2, 0.25) is 0 Å². The van der Waals surface area contributed by atoms with Crippen molar-refractivity contribution in [1.82, 2.24) is 20.6 Å². The topological polar surface area (TPSA) is 72.9 Å². The van der Waals surface area contributed by atoms with Gasteiger partial charge in [-0.25, -0.2) is 0 Å². The lowest BCUT2D eigenvalue weighted by atomic mass is 10.1. The van der Waals surface area contributed by atoms with Gasteiger partial charge in [0, 0.05) is 16.7 Å². The van der Waals surface area contributed by atoms with Crippen molar-refractivity contribution in [2.75, 3.05) is 13.2 Å². The number of H-pyrrole nitrogens is 1. The number of unbranched alkanes of at least 4 members (excludes halogenated alkanes) is 18. The summed E-state index contributed by atoms with van der Waals surface area (Å²) in [7, 11) is 0. The summed E-state index contributed by atoms with van der Waals surface area (Å²) in [5.74, 6) is 8.78. The molecule has 0 aliphatic rings. The SMILES string of the molecule is CCCCCCCCCCCCOc1ccc(C#Cc2ccc(-c3nn[nH]n3)cc2)cc1OCCCCCCCCCCCC. The Bertz CT molecular complexity index is 1200. The lowest BCUT2D eigenvalue weighted by Crippen LogP contribution is -2.03. The van der Waals surface area contributed by atoms with Gasteiger partial charge in [-0.1, -0.05) is 141 Å². The summed E-state index contributed by atoms with van der Waals surface area (Å²) in [5, 5.41) is 14.2. The molecule has 1 N–H and O–H groups in total. The van der Waals surface area contributed by atoms with Gasteiger partial charge in [0.25, 0.3) is 0 Å². The highest BCUT2D eigenvalue weighted by atomic mass is 16.5. The van der Waals surface area contributed by atoms with E-state index in [4.69, 9.17) is 9.47 Å². The number of ether oxygens (including phenoxy) is 2. The summed E-state index contributed by atoms with van der Waals surface area (Å²) in [4.78, 5) is 0. The second-order valence-corrected chi connectivity index (χ2v) is 12.3. The fraction of sp³-hybridized carbons (Fsp3) is 0.615. The molecule has 0 spiro atoms. The zero-order valence-electron chi connectivity index (χ0n) is 28.3. The summed E-state index contributed by atoms with van der Waals surface area (Å²) < 4.78 is 12.5. The van der Waals surface area contributed by atoms with Gasteiger partial charge in [0.15, 0.2) is 11.5 Å². The monoisotopic (exact) mass is 614 g/mol. The van der Waals surface area contributed by atoms with Gasteiger partial charge in [-0.15, -0.1) is 10.2 Å². The standard InChI is InChI=1S/C39H58N4O2/c1-3-5-7-9-11-13-15-17-19-21-31-44-37-30-27-35(24-23-34-25-28-36(29-26-34)39-40-42-43-41-39)33-38(37)45-32-22-20-18-16-14-12-10-8-6-4-2/h25-30,33H,3-22,31-32H2,1-2H3,(H,40,41,42,43). The summed E-state index contributed by atoms with van der Waals surface area (Å²) >= 11 is 0. The Morgan fingerprint density at radius 1 is 0.533 bits per heavy atom. The fourth-order valence-corrected chi connectivity index (χ4v) is 5.49. The van der Waals surface area contributed by atoms with E-state index in [1.165, 1.54) is 116 Å². The van der Waals surface area contributed by atoms with Crippen LogP contribution in [-0.2, 0) is 0 Å². The summed E-state index contributed by atoms with van der Waals surface area (Å²) in [6.45, 7) is 5.99. The lowest BCUT2D eigenvalue weighted by molar-refractivity contribution is 0.258. The second-order valence-electron chi connectivity index (χ2n) is 12.3. The smallest absolute Gasteiger partial charge is 0.204 e. The summed E-state index contributed by atoms with van der Waals surface area (Å²) in [5.41, 5.74) is 2.75. The largest absolute Gasteiger partial charge is 0.490 e.